The number of hydrogen-bond acceptors (Lipinski definition) is 6. The van der Waals surface area contributed by atoms with Crippen molar-refractivity contribution in [3.63, 3.8) is 0 Å². The van der Waals surface area contributed by atoms with E-state index in [0.29, 0.717) is 16.4 Å². The number of anilines is 2. The third-order valence-electron chi connectivity index (χ3n) is 5.17. The summed E-state index contributed by atoms with van der Waals surface area (Å²) in [5, 5.41) is 6.60. The van der Waals surface area contributed by atoms with Crippen LogP contribution >= 0.6 is 11.3 Å². The van der Waals surface area contributed by atoms with Gasteiger partial charge in [0.2, 0.25) is 5.91 Å². The Morgan fingerprint density at radius 1 is 1.06 bits per heavy atom. The number of aromatic nitrogens is 3. The van der Waals surface area contributed by atoms with Gasteiger partial charge in [0.15, 0.2) is 5.13 Å². The quantitative estimate of drug-likeness (QED) is 0.365. The van der Waals surface area contributed by atoms with Crippen LogP contribution in [0, 0.1) is 20.8 Å². The van der Waals surface area contributed by atoms with Crippen molar-refractivity contribution in [1.29, 1.82) is 0 Å². The number of rotatable bonds is 6. The predicted molar refractivity (Wildman–Crippen MR) is 128 cm³/mol. The molecule has 4 aromatic rings. The van der Waals surface area contributed by atoms with Crippen molar-refractivity contribution in [3.05, 3.63) is 88.2 Å². The van der Waals surface area contributed by atoms with Gasteiger partial charge in [0.05, 0.1) is 22.6 Å². The zero-order valence-electron chi connectivity index (χ0n) is 18.9. The molecule has 0 bridgehead atoms. The molecule has 0 unspecified atom stereocenters. The molecule has 0 aliphatic heterocycles. The highest BCUT2D eigenvalue weighted by molar-refractivity contribution is 7.14. The summed E-state index contributed by atoms with van der Waals surface area (Å²) in [5.74, 6) is -0.571. The van der Waals surface area contributed by atoms with Crippen LogP contribution in [0.5, 0.6) is 0 Å². The van der Waals surface area contributed by atoms with Gasteiger partial charge in [0, 0.05) is 24.2 Å². The number of thiazole rings is 1. The number of esters is 1. The molecule has 0 saturated heterocycles. The second-order valence-corrected chi connectivity index (χ2v) is 8.61. The number of carbonyl (C=O) groups excluding carboxylic acids is 2. The maximum absolute atomic E-state index is 12.5. The van der Waals surface area contributed by atoms with Gasteiger partial charge in [-0.25, -0.2) is 14.5 Å². The van der Waals surface area contributed by atoms with Gasteiger partial charge in [-0.05, 0) is 62.7 Å². The second kappa shape index (κ2) is 9.38. The molecule has 168 valence electrons. The van der Waals surface area contributed by atoms with Gasteiger partial charge < -0.3 is 4.74 Å². The first kappa shape index (κ1) is 22.4. The molecule has 0 atom stereocenters. The first-order chi connectivity index (χ1) is 15.8. The lowest BCUT2D eigenvalue weighted by molar-refractivity contribution is -0.115. The molecule has 0 saturated carbocycles. The van der Waals surface area contributed by atoms with Crippen molar-refractivity contribution < 1.29 is 14.3 Å². The Balaban J connectivity index is 1.44. The van der Waals surface area contributed by atoms with Crippen LogP contribution in [0.2, 0.25) is 0 Å². The van der Waals surface area contributed by atoms with E-state index in [2.05, 4.69) is 10.1 Å². The molecule has 2 aromatic carbocycles. The Morgan fingerprint density at radius 3 is 2.45 bits per heavy atom. The van der Waals surface area contributed by atoms with Crippen LogP contribution in [0.25, 0.3) is 5.69 Å². The molecule has 8 heteroatoms. The van der Waals surface area contributed by atoms with E-state index in [1.165, 1.54) is 18.3 Å². The molecule has 2 aromatic heterocycles. The smallest absolute Gasteiger partial charge is 0.338 e. The van der Waals surface area contributed by atoms with E-state index in [1.54, 1.807) is 33.3 Å². The van der Waals surface area contributed by atoms with E-state index in [1.807, 2.05) is 57.2 Å². The fourth-order valence-corrected chi connectivity index (χ4v) is 4.39. The fourth-order valence-electron chi connectivity index (χ4n) is 3.53. The molecular formula is C25H24N4O3S. The number of aryl methyl sites for hydroxylation is 3. The minimum atomic E-state index is -0.439. The van der Waals surface area contributed by atoms with Gasteiger partial charge in [0.25, 0.3) is 0 Å². The molecule has 4 rings (SSSR count). The second-order valence-electron chi connectivity index (χ2n) is 7.77. The Hall–Kier alpha value is -3.78. The molecule has 7 nitrogen and oxygen atoms in total. The van der Waals surface area contributed by atoms with Gasteiger partial charge >= 0.3 is 5.97 Å². The van der Waals surface area contributed by atoms with Crippen LogP contribution in [0.3, 0.4) is 0 Å². The van der Waals surface area contributed by atoms with Crippen LogP contribution in [-0.4, -0.2) is 26.6 Å². The lowest BCUT2D eigenvalue weighted by Crippen LogP contribution is -2.23. The third-order valence-corrected chi connectivity index (χ3v) is 6.04. The summed E-state index contributed by atoms with van der Waals surface area (Å²) < 4.78 is 7.24. The van der Waals surface area contributed by atoms with Crippen LogP contribution in [0.4, 0.5) is 10.8 Å². The van der Waals surface area contributed by atoms with Crippen molar-refractivity contribution in [2.45, 2.75) is 34.3 Å². The van der Waals surface area contributed by atoms with Crippen molar-refractivity contribution in [2.75, 3.05) is 4.90 Å². The molecule has 0 N–H and O–H groups in total. The number of hydrogen-bond donors (Lipinski definition) is 0. The van der Waals surface area contributed by atoms with E-state index in [-0.39, 0.29) is 12.5 Å². The Kier molecular flexibility index (Phi) is 6.37. The van der Waals surface area contributed by atoms with Crippen LogP contribution < -0.4 is 4.90 Å². The molecule has 0 radical (unpaired) electrons. The van der Waals surface area contributed by atoms with E-state index in [4.69, 9.17) is 4.74 Å². The van der Waals surface area contributed by atoms with Gasteiger partial charge in [-0.15, -0.1) is 11.3 Å². The van der Waals surface area contributed by atoms with Gasteiger partial charge in [-0.2, -0.15) is 5.10 Å². The summed E-state index contributed by atoms with van der Waals surface area (Å²) in [7, 11) is 0. The summed E-state index contributed by atoms with van der Waals surface area (Å²) in [4.78, 5) is 31.0. The molecule has 0 spiro atoms. The number of amides is 1. The number of nitrogens with zero attached hydrogens (tertiary/aromatic N) is 4. The van der Waals surface area contributed by atoms with E-state index in [0.717, 1.165) is 28.2 Å². The van der Waals surface area contributed by atoms with Gasteiger partial charge in [0.1, 0.15) is 6.61 Å². The maximum atomic E-state index is 12.5. The molecular weight excluding hydrogens is 436 g/mol. The van der Waals surface area contributed by atoms with Crippen molar-refractivity contribution in [3.8, 4) is 5.69 Å². The SMILES string of the molecule is CC(=O)N(c1nc(COC(=O)c2ccc(-n3nccc3C)cc2)cs1)c1ccc(C)cc1C. The van der Waals surface area contributed by atoms with Crippen LogP contribution in [0.15, 0.2) is 60.1 Å². The van der Waals surface area contributed by atoms with Crippen molar-refractivity contribution in [1.82, 2.24) is 14.8 Å². The Bertz CT molecular complexity index is 1310. The third kappa shape index (κ3) is 4.85. The zero-order chi connectivity index (χ0) is 23.5. The Morgan fingerprint density at radius 2 is 1.82 bits per heavy atom. The number of carbonyl (C=O) groups is 2. The van der Waals surface area contributed by atoms with E-state index < -0.39 is 5.97 Å². The standard InChI is InChI=1S/C25H24N4O3S/c1-16-5-10-23(17(2)13-16)28(19(4)30)25-27-21(15-33-25)14-32-24(31)20-6-8-22(9-7-20)29-18(3)11-12-26-29/h5-13,15H,14H2,1-4H3. The highest BCUT2D eigenvalue weighted by Crippen LogP contribution is 2.32. The minimum Gasteiger partial charge on any atom is -0.456 e. The molecule has 2 heterocycles. The molecule has 0 aliphatic carbocycles. The first-order valence-electron chi connectivity index (χ1n) is 10.4. The lowest BCUT2D eigenvalue weighted by atomic mass is 10.1. The normalized spacial score (nSPS) is 10.8. The largest absolute Gasteiger partial charge is 0.456 e. The lowest BCUT2D eigenvalue weighted by Gasteiger charge is -2.20. The van der Waals surface area contributed by atoms with Crippen LogP contribution in [0.1, 0.15) is 39.8 Å². The van der Waals surface area contributed by atoms with E-state index in [9.17, 15) is 9.59 Å². The number of ether oxygens (including phenoxy) is 1. The average Bonchev–Trinajstić information content (AvgIpc) is 3.43. The zero-order valence-corrected chi connectivity index (χ0v) is 19.7. The first-order valence-corrected chi connectivity index (χ1v) is 11.3. The topological polar surface area (TPSA) is 77.3 Å². The molecule has 33 heavy (non-hydrogen) atoms. The Labute approximate surface area is 196 Å². The summed E-state index contributed by atoms with van der Waals surface area (Å²) in [6.07, 6.45) is 1.73. The average molecular weight is 461 g/mol. The fraction of sp³-hybridized carbons (Fsp3) is 0.200. The van der Waals surface area contributed by atoms with Crippen molar-refractivity contribution in [2.24, 2.45) is 0 Å². The minimum absolute atomic E-state index is 0.0218. The van der Waals surface area contributed by atoms with Gasteiger partial charge in [-0.1, -0.05) is 17.7 Å². The maximum Gasteiger partial charge on any atom is 0.338 e. The summed E-state index contributed by atoms with van der Waals surface area (Å²) in [5.41, 5.74) is 5.81. The van der Waals surface area contributed by atoms with Crippen molar-refractivity contribution >= 4 is 34.0 Å². The van der Waals surface area contributed by atoms with E-state index >= 15 is 0 Å². The van der Waals surface area contributed by atoms with Gasteiger partial charge in [-0.3, -0.25) is 9.69 Å². The highest BCUT2D eigenvalue weighted by Gasteiger charge is 2.20. The molecule has 0 fully saturated rings. The summed E-state index contributed by atoms with van der Waals surface area (Å²) in [6.45, 7) is 7.47. The highest BCUT2D eigenvalue weighted by atomic mass is 32.1. The molecule has 0 aliphatic rings. The summed E-state index contributed by atoms with van der Waals surface area (Å²) >= 11 is 1.34. The molecule has 1 amide bonds. The summed E-state index contributed by atoms with van der Waals surface area (Å²) in [6, 6.07) is 14.9. The van der Waals surface area contributed by atoms with Crippen LogP contribution in [-0.2, 0) is 16.1 Å². The number of benzene rings is 2. The monoisotopic (exact) mass is 460 g/mol. The predicted octanol–water partition coefficient (Wildman–Crippen LogP) is 5.30.